The minimum absolute atomic E-state index is 0.193. The molecule has 20 heavy (non-hydrogen) atoms. The summed E-state index contributed by atoms with van der Waals surface area (Å²) in [4.78, 5) is 11.2. The Morgan fingerprint density at radius 1 is 1.30 bits per heavy atom. The zero-order valence-corrected chi connectivity index (χ0v) is 13.4. The molecule has 1 saturated heterocycles. The fourth-order valence-corrected chi connectivity index (χ4v) is 4.86. The van der Waals surface area contributed by atoms with Crippen LogP contribution in [0.25, 0.3) is 0 Å². The third kappa shape index (κ3) is 3.39. The van der Waals surface area contributed by atoms with Crippen molar-refractivity contribution in [3.8, 4) is 0 Å². The molecule has 7 heteroatoms. The highest BCUT2D eigenvalue weighted by atomic mass is 79.9. The van der Waals surface area contributed by atoms with Gasteiger partial charge in [0.1, 0.15) is 0 Å². The average molecular weight is 361 g/mol. The number of piperidine rings is 1. The fraction of sp³-hybridized carbons (Fsp3) is 0.462. The second-order valence-electron chi connectivity index (χ2n) is 4.95. The van der Waals surface area contributed by atoms with Gasteiger partial charge in [0.2, 0.25) is 15.9 Å². The van der Waals surface area contributed by atoms with Gasteiger partial charge in [-0.05, 0) is 46.8 Å². The molecule has 5 nitrogen and oxygen atoms in total. The first-order valence-electron chi connectivity index (χ1n) is 6.44. The van der Waals surface area contributed by atoms with Crippen molar-refractivity contribution in [2.75, 3.05) is 13.1 Å². The van der Waals surface area contributed by atoms with Crippen LogP contribution in [0.15, 0.2) is 33.6 Å². The molecule has 1 fully saturated rings. The number of carbonyl (C=O) groups is 1. The van der Waals surface area contributed by atoms with Crippen LogP contribution in [-0.2, 0) is 14.8 Å². The number of nitrogens with zero attached hydrogens (tertiary/aromatic N) is 1. The summed E-state index contributed by atoms with van der Waals surface area (Å²) >= 11 is 3.28. The molecule has 0 radical (unpaired) electrons. The predicted molar refractivity (Wildman–Crippen MR) is 79.4 cm³/mol. The van der Waals surface area contributed by atoms with Gasteiger partial charge in [-0.15, -0.1) is 0 Å². The Morgan fingerprint density at radius 3 is 2.45 bits per heavy atom. The van der Waals surface area contributed by atoms with Crippen molar-refractivity contribution in [2.24, 2.45) is 11.7 Å². The molecule has 0 unspecified atom stereocenters. The van der Waals surface area contributed by atoms with E-state index in [-0.39, 0.29) is 16.7 Å². The van der Waals surface area contributed by atoms with E-state index in [1.54, 1.807) is 24.3 Å². The van der Waals surface area contributed by atoms with Gasteiger partial charge in [-0.2, -0.15) is 4.31 Å². The van der Waals surface area contributed by atoms with E-state index in [0.29, 0.717) is 36.8 Å². The zero-order chi connectivity index (χ0) is 14.8. The topological polar surface area (TPSA) is 80.5 Å². The molecule has 2 N–H and O–H groups in total. The number of sulfonamides is 1. The summed E-state index contributed by atoms with van der Waals surface area (Å²) in [5.74, 6) is -0.129. The van der Waals surface area contributed by atoms with E-state index in [2.05, 4.69) is 15.9 Å². The van der Waals surface area contributed by atoms with E-state index in [1.165, 1.54) is 4.31 Å². The number of amides is 1. The lowest BCUT2D eigenvalue weighted by Crippen LogP contribution is -2.39. The molecule has 1 aliphatic heterocycles. The van der Waals surface area contributed by atoms with Crippen molar-refractivity contribution < 1.29 is 13.2 Å². The molecule has 0 saturated carbocycles. The van der Waals surface area contributed by atoms with E-state index in [1.807, 2.05) is 0 Å². The quantitative estimate of drug-likeness (QED) is 0.887. The van der Waals surface area contributed by atoms with E-state index in [9.17, 15) is 13.2 Å². The third-order valence-corrected chi connectivity index (χ3v) is 6.43. The second kappa shape index (κ2) is 6.24. The fourth-order valence-electron chi connectivity index (χ4n) is 2.43. The van der Waals surface area contributed by atoms with Gasteiger partial charge in [-0.1, -0.05) is 12.1 Å². The molecular weight excluding hydrogens is 344 g/mol. The first kappa shape index (κ1) is 15.5. The molecular formula is C13H17BrN2O3S. The Bertz CT molecular complexity index is 595. The Labute approximate surface area is 127 Å². The van der Waals surface area contributed by atoms with E-state index in [0.717, 1.165) is 0 Å². The summed E-state index contributed by atoms with van der Waals surface area (Å²) in [6.07, 6.45) is 1.68. The Balaban J connectivity index is 2.10. The minimum Gasteiger partial charge on any atom is -0.370 e. The summed E-state index contributed by atoms with van der Waals surface area (Å²) in [5.41, 5.74) is 5.18. The van der Waals surface area contributed by atoms with Crippen molar-refractivity contribution >= 4 is 31.9 Å². The monoisotopic (exact) mass is 360 g/mol. The molecule has 0 atom stereocenters. The van der Waals surface area contributed by atoms with Crippen LogP contribution >= 0.6 is 15.9 Å². The second-order valence-corrected chi connectivity index (χ2v) is 7.71. The minimum atomic E-state index is -3.47. The SMILES string of the molecule is NC(=O)CC1CCN(S(=O)(=O)c2ccccc2Br)CC1. The van der Waals surface area contributed by atoms with Gasteiger partial charge in [0.25, 0.3) is 0 Å². The lowest BCUT2D eigenvalue weighted by Gasteiger charge is -2.30. The van der Waals surface area contributed by atoms with Crippen molar-refractivity contribution in [3.63, 3.8) is 0 Å². The van der Waals surface area contributed by atoms with E-state index >= 15 is 0 Å². The zero-order valence-electron chi connectivity index (χ0n) is 11.0. The highest BCUT2D eigenvalue weighted by Gasteiger charge is 2.30. The highest BCUT2D eigenvalue weighted by Crippen LogP contribution is 2.29. The summed E-state index contributed by atoms with van der Waals surface area (Å²) < 4.78 is 27.1. The van der Waals surface area contributed by atoms with Crippen molar-refractivity contribution in [3.05, 3.63) is 28.7 Å². The first-order chi connectivity index (χ1) is 9.41. The van der Waals surface area contributed by atoms with Crippen molar-refractivity contribution in [2.45, 2.75) is 24.2 Å². The predicted octanol–water partition coefficient (Wildman–Crippen LogP) is 1.73. The number of primary amides is 1. The molecule has 0 spiro atoms. The lowest BCUT2D eigenvalue weighted by atomic mass is 9.94. The lowest BCUT2D eigenvalue weighted by molar-refractivity contribution is -0.119. The van der Waals surface area contributed by atoms with Gasteiger partial charge in [0.15, 0.2) is 0 Å². The summed E-state index contributed by atoms with van der Waals surface area (Å²) in [7, 11) is -3.47. The standard InChI is InChI=1S/C13H17BrN2O3S/c14-11-3-1-2-4-12(11)20(18,19)16-7-5-10(6-8-16)9-13(15)17/h1-4,10H,5-9H2,(H2,15,17). The number of carbonyl (C=O) groups excluding carboxylic acids is 1. The van der Waals surface area contributed by atoms with Gasteiger partial charge in [0, 0.05) is 24.0 Å². The van der Waals surface area contributed by atoms with Gasteiger partial charge < -0.3 is 5.73 Å². The highest BCUT2D eigenvalue weighted by molar-refractivity contribution is 9.10. The summed E-state index contributed by atoms with van der Waals surface area (Å²) in [6, 6.07) is 6.79. The Kier molecular flexibility index (Phi) is 4.82. The largest absolute Gasteiger partial charge is 0.370 e. The Hall–Kier alpha value is -0.920. The maximum absolute atomic E-state index is 12.5. The smallest absolute Gasteiger partial charge is 0.244 e. The molecule has 1 aliphatic rings. The summed E-state index contributed by atoms with van der Waals surface area (Å²) in [6.45, 7) is 0.864. The molecule has 2 rings (SSSR count). The maximum Gasteiger partial charge on any atom is 0.244 e. The van der Waals surface area contributed by atoms with Crippen LogP contribution in [-0.4, -0.2) is 31.7 Å². The molecule has 0 aliphatic carbocycles. The van der Waals surface area contributed by atoms with Crippen LogP contribution in [0.2, 0.25) is 0 Å². The summed E-state index contributed by atoms with van der Waals surface area (Å²) in [5, 5.41) is 0. The number of halogens is 1. The molecule has 0 aromatic heterocycles. The van der Waals surface area contributed by atoms with Crippen LogP contribution in [0, 0.1) is 5.92 Å². The molecule has 110 valence electrons. The number of nitrogens with two attached hydrogens (primary N) is 1. The van der Waals surface area contributed by atoms with Crippen LogP contribution in [0.5, 0.6) is 0 Å². The number of benzene rings is 1. The van der Waals surface area contributed by atoms with Crippen LogP contribution < -0.4 is 5.73 Å². The van der Waals surface area contributed by atoms with Gasteiger partial charge in [-0.25, -0.2) is 8.42 Å². The molecule has 0 bridgehead atoms. The first-order valence-corrected chi connectivity index (χ1v) is 8.67. The number of hydrogen-bond donors (Lipinski definition) is 1. The number of hydrogen-bond acceptors (Lipinski definition) is 3. The normalized spacial score (nSPS) is 18.1. The molecule has 1 amide bonds. The maximum atomic E-state index is 12.5. The number of rotatable bonds is 4. The van der Waals surface area contributed by atoms with E-state index < -0.39 is 10.0 Å². The molecule has 1 heterocycles. The molecule has 1 aromatic carbocycles. The van der Waals surface area contributed by atoms with Crippen molar-refractivity contribution in [1.82, 2.24) is 4.31 Å². The average Bonchev–Trinajstić information content (AvgIpc) is 2.39. The van der Waals surface area contributed by atoms with Gasteiger partial charge in [0.05, 0.1) is 4.90 Å². The third-order valence-electron chi connectivity index (χ3n) is 3.52. The molecule has 1 aromatic rings. The van der Waals surface area contributed by atoms with Gasteiger partial charge >= 0.3 is 0 Å². The van der Waals surface area contributed by atoms with Crippen molar-refractivity contribution in [1.29, 1.82) is 0 Å². The van der Waals surface area contributed by atoms with Crippen LogP contribution in [0.3, 0.4) is 0 Å². The van der Waals surface area contributed by atoms with Gasteiger partial charge in [-0.3, -0.25) is 4.79 Å². The van der Waals surface area contributed by atoms with E-state index in [4.69, 9.17) is 5.73 Å². The van der Waals surface area contributed by atoms with Crippen LogP contribution in [0.1, 0.15) is 19.3 Å². The Morgan fingerprint density at radius 2 is 1.90 bits per heavy atom. The van der Waals surface area contributed by atoms with Crippen LogP contribution in [0.4, 0.5) is 0 Å².